The molecular weight excluding hydrogens is 248 g/mol. The summed E-state index contributed by atoms with van der Waals surface area (Å²) in [5.74, 6) is 0.298. The first kappa shape index (κ1) is 14.8. The van der Waals surface area contributed by atoms with Gasteiger partial charge in [0.2, 0.25) is 0 Å². The summed E-state index contributed by atoms with van der Waals surface area (Å²) in [6, 6.07) is 7.81. The van der Waals surface area contributed by atoms with Gasteiger partial charge in [-0.3, -0.25) is 0 Å². The fourth-order valence-electron chi connectivity index (χ4n) is 2.65. The highest BCUT2D eigenvalue weighted by atomic mass is 16.6. The smallest absolute Gasteiger partial charge is 0.338 e. The molecule has 0 N–H and O–H groups in total. The van der Waals surface area contributed by atoms with Crippen LogP contribution in [0, 0.1) is 0 Å². The first-order valence-corrected chi connectivity index (χ1v) is 7.45. The summed E-state index contributed by atoms with van der Waals surface area (Å²) in [5, 5.41) is 0. The lowest BCUT2D eigenvalue weighted by Crippen LogP contribution is -2.27. The largest absolute Gasteiger partial charge is 0.452 e. The maximum absolute atomic E-state index is 12.2. The van der Waals surface area contributed by atoms with Crippen LogP contribution in [0.1, 0.15) is 68.8 Å². The Bertz CT molecular complexity index is 513. The minimum Gasteiger partial charge on any atom is -0.452 e. The molecule has 0 spiro atoms. The van der Waals surface area contributed by atoms with Crippen molar-refractivity contribution < 1.29 is 9.53 Å². The lowest BCUT2D eigenvalue weighted by molar-refractivity contribution is 0.0110. The van der Waals surface area contributed by atoms with E-state index in [0.29, 0.717) is 11.5 Å². The zero-order chi connectivity index (χ0) is 14.8. The molecule has 2 atom stereocenters. The molecule has 1 aromatic rings. The van der Waals surface area contributed by atoms with Gasteiger partial charge in [0.15, 0.2) is 0 Å². The summed E-state index contributed by atoms with van der Waals surface area (Å²) in [5.41, 5.74) is 2.77. The number of carbonyl (C=O) groups excluding carboxylic acids is 1. The molecule has 108 valence electrons. The average Bonchev–Trinajstić information content (AvgIpc) is 2.77. The highest BCUT2D eigenvalue weighted by molar-refractivity contribution is 5.89. The van der Waals surface area contributed by atoms with Gasteiger partial charge in [-0.05, 0) is 62.8 Å². The standard InChI is InChI=1S/C18H24O2/c1-5-14(3)15-6-8-16(9-7-15)17(19)20-18(4)11-10-13(2)12-18/h6-9,12,14H,5,10-11H2,1-4H3. The second kappa shape index (κ2) is 5.82. The van der Waals surface area contributed by atoms with Crippen LogP contribution >= 0.6 is 0 Å². The summed E-state index contributed by atoms with van der Waals surface area (Å²) >= 11 is 0. The maximum atomic E-state index is 12.2. The summed E-state index contributed by atoms with van der Waals surface area (Å²) in [7, 11) is 0. The van der Waals surface area contributed by atoms with Crippen molar-refractivity contribution >= 4 is 5.97 Å². The van der Waals surface area contributed by atoms with Crippen molar-refractivity contribution in [2.75, 3.05) is 0 Å². The Morgan fingerprint density at radius 3 is 2.50 bits per heavy atom. The molecule has 2 unspecified atom stereocenters. The van der Waals surface area contributed by atoms with E-state index >= 15 is 0 Å². The molecule has 20 heavy (non-hydrogen) atoms. The zero-order valence-electron chi connectivity index (χ0n) is 12.9. The number of carbonyl (C=O) groups is 1. The summed E-state index contributed by atoms with van der Waals surface area (Å²) in [6.07, 6.45) is 5.07. The quantitative estimate of drug-likeness (QED) is 0.578. The molecule has 0 heterocycles. The number of hydrogen-bond donors (Lipinski definition) is 0. The average molecular weight is 272 g/mol. The van der Waals surface area contributed by atoms with Crippen molar-refractivity contribution in [1.29, 1.82) is 0 Å². The Morgan fingerprint density at radius 1 is 1.35 bits per heavy atom. The molecule has 0 fully saturated rings. The van der Waals surface area contributed by atoms with Crippen LogP contribution in [0.2, 0.25) is 0 Å². The monoisotopic (exact) mass is 272 g/mol. The van der Waals surface area contributed by atoms with Crippen molar-refractivity contribution in [3.05, 3.63) is 47.0 Å². The number of rotatable bonds is 4. The van der Waals surface area contributed by atoms with Gasteiger partial charge in [-0.15, -0.1) is 0 Å². The van der Waals surface area contributed by atoms with Gasteiger partial charge in [0.25, 0.3) is 0 Å². The second-order valence-corrected chi connectivity index (χ2v) is 6.12. The van der Waals surface area contributed by atoms with Gasteiger partial charge in [-0.1, -0.05) is 31.6 Å². The van der Waals surface area contributed by atoms with Crippen LogP contribution in [-0.4, -0.2) is 11.6 Å². The van der Waals surface area contributed by atoms with Crippen LogP contribution < -0.4 is 0 Å². The molecule has 0 saturated heterocycles. The van der Waals surface area contributed by atoms with Gasteiger partial charge < -0.3 is 4.74 Å². The van der Waals surface area contributed by atoms with Gasteiger partial charge in [0.05, 0.1) is 5.56 Å². The first-order chi connectivity index (χ1) is 9.43. The topological polar surface area (TPSA) is 26.3 Å². The van der Waals surface area contributed by atoms with Gasteiger partial charge in [0, 0.05) is 0 Å². The minimum atomic E-state index is -0.434. The van der Waals surface area contributed by atoms with Crippen molar-refractivity contribution in [2.24, 2.45) is 0 Å². The van der Waals surface area contributed by atoms with E-state index in [9.17, 15) is 4.79 Å². The molecule has 2 rings (SSSR count). The summed E-state index contributed by atoms with van der Waals surface area (Å²) < 4.78 is 5.67. The fourth-order valence-corrected chi connectivity index (χ4v) is 2.65. The highest BCUT2D eigenvalue weighted by Crippen LogP contribution is 2.31. The highest BCUT2D eigenvalue weighted by Gasteiger charge is 2.31. The Kier molecular flexibility index (Phi) is 4.32. The van der Waals surface area contributed by atoms with Crippen LogP contribution in [0.15, 0.2) is 35.9 Å². The zero-order valence-corrected chi connectivity index (χ0v) is 12.9. The van der Waals surface area contributed by atoms with Crippen LogP contribution in [0.3, 0.4) is 0 Å². The summed E-state index contributed by atoms with van der Waals surface area (Å²) in [4.78, 5) is 12.2. The van der Waals surface area contributed by atoms with E-state index in [1.165, 1.54) is 11.1 Å². The van der Waals surface area contributed by atoms with Gasteiger partial charge in [0.1, 0.15) is 5.60 Å². The Hall–Kier alpha value is -1.57. The minimum absolute atomic E-state index is 0.228. The van der Waals surface area contributed by atoms with Gasteiger partial charge in [-0.25, -0.2) is 4.79 Å². The third-order valence-electron chi connectivity index (χ3n) is 4.22. The molecule has 2 heteroatoms. The van der Waals surface area contributed by atoms with Crippen LogP contribution in [-0.2, 0) is 4.74 Å². The van der Waals surface area contributed by atoms with Crippen LogP contribution in [0.25, 0.3) is 0 Å². The number of ether oxygens (including phenoxy) is 1. The van der Waals surface area contributed by atoms with E-state index in [-0.39, 0.29) is 5.97 Å². The summed E-state index contributed by atoms with van der Waals surface area (Å²) in [6.45, 7) is 8.43. The molecule has 1 aliphatic carbocycles. The lowest BCUT2D eigenvalue weighted by Gasteiger charge is -2.22. The van der Waals surface area contributed by atoms with Gasteiger partial charge >= 0.3 is 5.97 Å². The Labute approximate surface area is 121 Å². The molecule has 0 saturated carbocycles. The predicted octanol–water partition coefficient (Wildman–Crippen LogP) is 4.86. The van der Waals surface area contributed by atoms with Crippen molar-refractivity contribution in [1.82, 2.24) is 0 Å². The van der Waals surface area contributed by atoms with E-state index < -0.39 is 5.60 Å². The predicted molar refractivity (Wildman–Crippen MR) is 82.0 cm³/mol. The molecule has 0 aromatic heterocycles. The van der Waals surface area contributed by atoms with E-state index in [4.69, 9.17) is 4.74 Å². The third-order valence-corrected chi connectivity index (χ3v) is 4.22. The molecular formula is C18H24O2. The van der Waals surface area contributed by atoms with Gasteiger partial charge in [-0.2, -0.15) is 0 Å². The Morgan fingerprint density at radius 2 is 2.00 bits per heavy atom. The van der Waals surface area contributed by atoms with E-state index in [0.717, 1.165) is 19.3 Å². The number of allylic oxidation sites excluding steroid dienone is 1. The SMILES string of the molecule is CCC(C)c1ccc(C(=O)OC2(C)C=C(C)CC2)cc1. The molecule has 1 aromatic carbocycles. The molecule has 0 aliphatic heterocycles. The van der Waals surface area contributed by atoms with Crippen molar-refractivity contribution in [2.45, 2.75) is 58.5 Å². The molecule has 2 nitrogen and oxygen atoms in total. The van der Waals surface area contributed by atoms with Crippen LogP contribution in [0.4, 0.5) is 0 Å². The van der Waals surface area contributed by atoms with E-state index in [1.807, 2.05) is 31.2 Å². The third kappa shape index (κ3) is 3.30. The second-order valence-electron chi connectivity index (χ2n) is 6.12. The van der Waals surface area contributed by atoms with E-state index in [2.05, 4.69) is 26.8 Å². The molecule has 1 aliphatic rings. The number of esters is 1. The number of hydrogen-bond acceptors (Lipinski definition) is 2. The first-order valence-electron chi connectivity index (χ1n) is 7.45. The van der Waals surface area contributed by atoms with Crippen molar-refractivity contribution in [3.8, 4) is 0 Å². The maximum Gasteiger partial charge on any atom is 0.338 e. The normalized spacial score (nSPS) is 23.3. The molecule has 0 amide bonds. The molecule has 0 radical (unpaired) electrons. The lowest BCUT2D eigenvalue weighted by atomic mass is 9.97. The van der Waals surface area contributed by atoms with Crippen molar-refractivity contribution in [3.63, 3.8) is 0 Å². The molecule has 0 bridgehead atoms. The fraction of sp³-hybridized carbons (Fsp3) is 0.500. The Balaban J connectivity index is 2.06. The number of benzene rings is 1. The van der Waals surface area contributed by atoms with Crippen LogP contribution in [0.5, 0.6) is 0 Å². The van der Waals surface area contributed by atoms with E-state index in [1.54, 1.807) is 0 Å².